The summed E-state index contributed by atoms with van der Waals surface area (Å²) in [5.74, 6) is 1.61. The maximum atomic E-state index is 12.9. The number of hydrogen-bond acceptors (Lipinski definition) is 7. The molecule has 3 heterocycles. The molecule has 1 amide bonds. The number of carbonyl (C=O) groups excluding carboxylic acids is 2. The molecule has 3 aromatic rings. The van der Waals surface area contributed by atoms with E-state index in [1.165, 1.54) is 5.56 Å². The first kappa shape index (κ1) is 23.4. The van der Waals surface area contributed by atoms with E-state index >= 15 is 0 Å². The minimum Gasteiger partial charge on any atom is -0.364 e. The number of amides is 1. The molecule has 176 valence electrons. The van der Waals surface area contributed by atoms with Crippen LogP contribution in [-0.2, 0) is 0 Å². The average molecular weight is 459 g/mol. The molecule has 1 aliphatic rings. The van der Waals surface area contributed by atoms with Gasteiger partial charge in [0.2, 0.25) is 0 Å². The van der Waals surface area contributed by atoms with E-state index in [1.54, 1.807) is 24.5 Å². The Balaban J connectivity index is 1.47. The lowest BCUT2D eigenvalue weighted by molar-refractivity contribution is 0.0954. The van der Waals surface area contributed by atoms with E-state index < -0.39 is 5.91 Å². The van der Waals surface area contributed by atoms with Gasteiger partial charge in [0.1, 0.15) is 11.6 Å². The Morgan fingerprint density at radius 1 is 1.15 bits per heavy atom. The molecule has 4 rings (SSSR count). The summed E-state index contributed by atoms with van der Waals surface area (Å²) >= 11 is 0. The molecule has 1 fully saturated rings. The number of piperidine rings is 1. The van der Waals surface area contributed by atoms with Gasteiger partial charge in [-0.2, -0.15) is 0 Å². The van der Waals surface area contributed by atoms with E-state index in [0.29, 0.717) is 30.5 Å². The molecule has 0 radical (unpaired) electrons. The molecule has 1 aliphatic heterocycles. The SMILES string of the molecule is CC(C)c1ccc(C(=O)C[C@@H]2CCCN(c3cnc(C(N)=O)c(Nc4ccccn4)n3)C2)cc1. The Kier molecular flexibility index (Phi) is 7.15. The zero-order valence-corrected chi connectivity index (χ0v) is 19.6. The molecule has 8 nitrogen and oxygen atoms in total. The highest BCUT2D eigenvalue weighted by Crippen LogP contribution is 2.27. The van der Waals surface area contributed by atoms with Gasteiger partial charge in [0.15, 0.2) is 17.3 Å². The number of hydrogen-bond donors (Lipinski definition) is 2. The molecule has 0 saturated carbocycles. The van der Waals surface area contributed by atoms with Crippen LogP contribution in [0.15, 0.2) is 54.9 Å². The van der Waals surface area contributed by atoms with E-state index in [9.17, 15) is 9.59 Å². The minimum absolute atomic E-state index is 0.0583. The number of aromatic nitrogens is 3. The van der Waals surface area contributed by atoms with Crippen LogP contribution in [0.4, 0.5) is 17.5 Å². The lowest BCUT2D eigenvalue weighted by Crippen LogP contribution is -2.37. The van der Waals surface area contributed by atoms with Crippen molar-refractivity contribution in [3.63, 3.8) is 0 Å². The van der Waals surface area contributed by atoms with Gasteiger partial charge in [-0.25, -0.2) is 15.0 Å². The first-order chi connectivity index (χ1) is 16.4. The van der Waals surface area contributed by atoms with Crippen LogP contribution >= 0.6 is 0 Å². The number of nitrogens with one attached hydrogen (secondary N) is 1. The van der Waals surface area contributed by atoms with Crippen molar-refractivity contribution in [2.45, 2.75) is 39.0 Å². The second kappa shape index (κ2) is 10.4. The molecule has 1 aromatic carbocycles. The van der Waals surface area contributed by atoms with E-state index in [4.69, 9.17) is 5.73 Å². The summed E-state index contributed by atoms with van der Waals surface area (Å²) in [4.78, 5) is 40.0. The summed E-state index contributed by atoms with van der Waals surface area (Å²) < 4.78 is 0. The van der Waals surface area contributed by atoms with Crippen LogP contribution in [0.2, 0.25) is 0 Å². The van der Waals surface area contributed by atoms with E-state index in [-0.39, 0.29) is 23.2 Å². The van der Waals surface area contributed by atoms with Crippen molar-refractivity contribution < 1.29 is 9.59 Å². The minimum atomic E-state index is -0.664. The fourth-order valence-electron chi connectivity index (χ4n) is 4.23. The molecule has 34 heavy (non-hydrogen) atoms. The molecule has 0 unspecified atom stereocenters. The van der Waals surface area contributed by atoms with Gasteiger partial charge in [-0.15, -0.1) is 0 Å². The highest BCUT2D eigenvalue weighted by molar-refractivity contribution is 5.97. The van der Waals surface area contributed by atoms with E-state index in [1.807, 2.05) is 30.3 Å². The largest absolute Gasteiger partial charge is 0.364 e. The van der Waals surface area contributed by atoms with Crippen LogP contribution in [0.25, 0.3) is 0 Å². The number of ketones is 1. The van der Waals surface area contributed by atoms with Crippen LogP contribution in [0, 0.1) is 5.92 Å². The number of carbonyl (C=O) groups is 2. The Morgan fingerprint density at radius 2 is 1.94 bits per heavy atom. The molecule has 0 aliphatic carbocycles. The molecule has 2 aromatic heterocycles. The fourth-order valence-corrected chi connectivity index (χ4v) is 4.23. The predicted molar refractivity (Wildman–Crippen MR) is 132 cm³/mol. The van der Waals surface area contributed by atoms with Gasteiger partial charge < -0.3 is 16.0 Å². The number of nitrogens with two attached hydrogens (primary N) is 1. The summed E-state index contributed by atoms with van der Waals surface area (Å²) in [6, 6.07) is 13.3. The van der Waals surface area contributed by atoms with Crippen molar-refractivity contribution >= 4 is 29.1 Å². The third kappa shape index (κ3) is 5.57. The number of nitrogens with zero attached hydrogens (tertiary/aromatic N) is 4. The van der Waals surface area contributed by atoms with Crippen molar-refractivity contribution in [3.8, 4) is 0 Å². The number of primary amides is 1. The maximum Gasteiger partial charge on any atom is 0.271 e. The molecule has 8 heteroatoms. The van der Waals surface area contributed by atoms with Gasteiger partial charge in [-0.3, -0.25) is 9.59 Å². The van der Waals surface area contributed by atoms with Gasteiger partial charge in [0.05, 0.1) is 6.20 Å². The summed E-state index contributed by atoms with van der Waals surface area (Å²) in [5.41, 5.74) is 7.55. The third-order valence-corrected chi connectivity index (χ3v) is 6.12. The second-order valence-electron chi connectivity index (χ2n) is 8.99. The Morgan fingerprint density at radius 3 is 2.62 bits per heavy atom. The van der Waals surface area contributed by atoms with Crippen molar-refractivity contribution in [2.24, 2.45) is 11.7 Å². The number of anilines is 3. The van der Waals surface area contributed by atoms with E-state index in [0.717, 1.165) is 24.9 Å². The summed E-state index contributed by atoms with van der Waals surface area (Å²) in [6.07, 6.45) is 5.64. The standard InChI is InChI=1S/C26H30N6O2/c1-17(2)19-8-10-20(11-9-19)21(33)14-18-6-5-13-32(16-18)23-15-29-24(25(27)34)26(31-23)30-22-7-3-4-12-28-22/h3-4,7-12,15,17-18H,5-6,13-14,16H2,1-2H3,(H2,27,34)(H,28,30,31)/t18-/m0/s1. The third-order valence-electron chi connectivity index (χ3n) is 6.12. The molecular formula is C26H30N6O2. The second-order valence-corrected chi connectivity index (χ2v) is 8.99. The summed E-state index contributed by atoms with van der Waals surface area (Å²) in [5, 5.41) is 3.04. The van der Waals surface area contributed by atoms with Crippen LogP contribution in [0.3, 0.4) is 0 Å². The first-order valence-corrected chi connectivity index (χ1v) is 11.6. The molecule has 1 atom stereocenters. The molecule has 1 saturated heterocycles. The number of Topliss-reactive ketones (excluding diaryl/α,β-unsaturated/α-hetero) is 1. The molecule has 3 N–H and O–H groups in total. The first-order valence-electron chi connectivity index (χ1n) is 11.6. The van der Waals surface area contributed by atoms with Gasteiger partial charge in [-0.1, -0.05) is 44.2 Å². The lowest BCUT2D eigenvalue weighted by atomic mass is 9.90. The highest BCUT2D eigenvalue weighted by Gasteiger charge is 2.25. The summed E-state index contributed by atoms with van der Waals surface area (Å²) in [7, 11) is 0. The number of benzene rings is 1. The molecule has 0 spiro atoms. The quantitative estimate of drug-likeness (QED) is 0.483. The number of rotatable bonds is 8. The monoisotopic (exact) mass is 458 g/mol. The smallest absolute Gasteiger partial charge is 0.271 e. The fraction of sp³-hybridized carbons (Fsp3) is 0.346. The van der Waals surface area contributed by atoms with Crippen molar-refractivity contribution in [2.75, 3.05) is 23.3 Å². The molecule has 0 bridgehead atoms. The highest BCUT2D eigenvalue weighted by atomic mass is 16.1. The number of pyridine rings is 1. The lowest BCUT2D eigenvalue weighted by Gasteiger charge is -2.33. The van der Waals surface area contributed by atoms with Crippen LogP contribution in [0.5, 0.6) is 0 Å². The zero-order valence-electron chi connectivity index (χ0n) is 19.6. The maximum absolute atomic E-state index is 12.9. The van der Waals surface area contributed by atoms with Crippen molar-refractivity contribution in [1.82, 2.24) is 15.0 Å². The zero-order chi connectivity index (χ0) is 24.1. The normalized spacial score (nSPS) is 15.9. The summed E-state index contributed by atoms with van der Waals surface area (Å²) in [6.45, 7) is 5.79. The van der Waals surface area contributed by atoms with Gasteiger partial charge in [0.25, 0.3) is 5.91 Å². The molecular weight excluding hydrogens is 428 g/mol. The van der Waals surface area contributed by atoms with Crippen LogP contribution in [0.1, 0.15) is 65.4 Å². The van der Waals surface area contributed by atoms with Crippen molar-refractivity contribution in [1.29, 1.82) is 0 Å². The Hall–Kier alpha value is -3.81. The van der Waals surface area contributed by atoms with Crippen LogP contribution in [-0.4, -0.2) is 39.7 Å². The predicted octanol–water partition coefficient (Wildman–Crippen LogP) is 4.33. The Labute approximate surface area is 199 Å². The topological polar surface area (TPSA) is 114 Å². The van der Waals surface area contributed by atoms with Crippen LogP contribution < -0.4 is 16.0 Å². The van der Waals surface area contributed by atoms with Gasteiger partial charge in [-0.05, 0) is 42.4 Å². The van der Waals surface area contributed by atoms with Gasteiger partial charge >= 0.3 is 0 Å². The van der Waals surface area contributed by atoms with Crippen molar-refractivity contribution in [3.05, 3.63) is 71.7 Å². The van der Waals surface area contributed by atoms with E-state index in [2.05, 4.69) is 39.0 Å². The Bertz CT molecular complexity index is 1150. The van der Waals surface area contributed by atoms with Gasteiger partial charge in [0, 0.05) is 31.3 Å². The average Bonchev–Trinajstić information content (AvgIpc) is 2.84.